The highest BCUT2D eigenvalue weighted by Gasteiger charge is 2.45. The first-order valence-electron chi connectivity index (χ1n) is 10.5. The Kier molecular flexibility index (Phi) is 12.9. The van der Waals surface area contributed by atoms with Crippen LogP contribution in [-0.2, 0) is 14.3 Å². The van der Waals surface area contributed by atoms with Crippen molar-refractivity contribution in [2.24, 2.45) is 0 Å². The maximum Gasteiger partial charge on any atom is 0.217 e. The van der Waals surface area contributed by atoms with E-state index in [0.29, 0.717) is 6.61 Å². The average molecular weight is 390 g/mol. The molecule has 0 aromatic carbocycles. The van der Waals surface area contributed by atoms with Crippen molar-refractivity contribution in [3.05, 3.63) is 0 Å². The Labute approximate surface area is 163 Å². The van der Waals surface area contributed by atoms with Gasteiger partial charge in [0.1, 0.15) is 24.4 Å². The van der Waals surface area contributed by atoms with Gasteiger partial charge in [0.2, 0.25) is 5.91 Å². The molecular weight excluding hydrogens is 350 g/mol. The lowest BCUT2D eigenvalue weighted by molar-refractivity contribution is -0.270. The van der Waals surface area contributed by atoms with Gasteiger partial charge in [0, 0.05) is 13.5 Å². The summed E-state index contributed by atoms with van der Waals surface area (Å²) in [5.74, 6) is -0.343. The number of hydrogen-bond acceptors (Lipinski definition) is 6. The number of aliphatic hydroxyl groups excluding tert-OH is 3. The van der Waals surface area contributed by atoms with Gasteiger partial charge in [0.15, 0.2) is 6.29 Å². The smallest absolute Gasteiger partial charge is 0.217 e. The molecule has 1 rings (SSSR count). The zero-order chi connectivity index (χ0) is 20.1. The van der Waals surface area contributed by atoms with E-state index in [1.807, 2.05) is 0 Å². The van der Waals surface area contributed by atoms with E-state index >= 15 is 0 Å². The van der Waals surface area contributed by atoms with Gasteiger partial charge in [-0.15, -0.1) is 0 Å². The number of unbranched alkanes of at least 4 members (excludes halogenated alkanes) is 9. The summed E-state index contributed by atoms with van der Waals surface area (Å²) in [6.45, 7) is 3.57. The number of hydrogen-bond donors (Lipinski definition) is 4. The molecule has 1 fully saturated rings. The largest absolute Gasteiger partial charge is 0.394 e. The van der Waals surface area contributed by atoms with Crippen LogP contribution in [0.4, 0.5) is 0 Å². The van der Waals surface area contributed by atoms with E-state index < -0.39 is 37.3 Å². The molecule has 0 aliphatic carbocycles. The fourth-order valence-corrected chi connectivity index (χ4v) is 3.40. The van der Waals surface area contributed by atoms with E-state index in [2.05, 4.69) is 12.2 Å². The molecule has 27 heavy (non-hydrogen) atoms. The van der Waals surface area contributed by atoms with E-state index in [-0.39, 0.29) is 5.91 Å². The second kappa shape index (κ2) is 14.3. The van der Waals surface area contributed by atoms with Crippen molar-refractivity contribution in [3.8, 4) is 0 Å². The molecule has 7 heteroatoms. The number of rotatable bonds is 14. The normalized spacial score (nSPS) is 28.3. The van der Waals surface area contributed by atoms with Gasteiger partial charge in [0.05, 0.1) is 6.61 Å². The second-order valence-corrected chi connectivity index (χ2v) is 7.49. The quantitative estimate of drug-likeness (QED) is 0.338. The van der Waals surface area contributed by atoms with Crippen LogP contribution in [0.15, 0.2) is 0 Å². The lowest BCUT2D eigenvalue weighted by Crippen LogP contribution is -2.64. The second-order valence-electron chi connectivity index (χ2n) is 7.49. The van der Waals surface area contributed by atoms with Crippen molar-refractivity contribution >= 4 is 5.91 Å². The minimum Gasteiger partial charge on any atom is -0.394 e. The number of carbonyl (C=O) groups is 1. The summed E-state index contributed by atoms with van der Waals surface area (Å²) in [5.41, 5.74) is 0. The Hall–Kier alpha value is -0.730. The molecule has 0 bridgehead atoms. The van der Waals surface area contributed by atoms with Crippen LogP contribution < -0.4 is 5.32 Å². The molecule has 1 aliphatic rings. The van der Waals surface area contributed by atoms with Crippen molar-refractivity contribution < 1.29 is 29.6 Å². The summed E-state index contributed by atoms with van der Waals surface area (Å²) in [7, 11) is 0. The Balaban J connectivity index is 2.23. The van der Waals surface area contributed by atoms with Crippen molar-refractivity contribution in [2.75, 3.05) is 13.2 Å². The van der Waals surface area contributed by atoms with E-state index in [0.717, 1.165) is 12.8 Å². The van der Waals surface area contributed by atoms with Gasteiger partial charge in [-0.05, 0) is 6.42 Å². The number of nitrogens with one attached hydrogen (secondary N) is 1. The number of aliphatic hydroxyl groups is 3. The molecule has 7 nitrogen and oxygen atoms in total. The first kappa shape index (κ1) is 24.3. The fraction of sp³-hybridized carbons (Fsp3) is 0.950. The maximum atomic E-state index is 11.4. The molecular formula is C20H39NO6. The van der Waals surface area contributed by atoms with Crippen molar-refractivity contribution in [3.63, 3.8) is 0 Å². The first-order valence-corrected chi connectivity index (χ1v) is 10.5. The monoisotopic (exact) mass is 389 g/mol. The first-order chi connectivity index (χ1) is 13.0. The third-order valence-corrected chi connectivity index (χ3v) is 5.03. The number of amides is 1. The van der Waals surface area contributed by atoms with E-state index in [9.17, 15) is 20.1 Å². The van der Waals surface area contributed by atoms with E-state index in [1.54, 1.807) is 0 Å². The highest BCUT2D eigenvalue weighted by Crippen LogP contribution is 2.22. The van der Waals surface area contributed by atoms with Gasteiger partial charge >= 0.3 is 0 Å². The van der Waals surface area contributed by atoms with Gasteiger partial charge in [-0.2, -0.15) is 0 Å². The summed E-state index contributed by atoms with van der Waals surface area (Å²) in [6.07, 6.45) is 7.87. The Morgan fingerprint density at radius 1 is 0.963 bits per heavy atom. The topological polar surface area (TPSA) is 108 Å². The third-order valence-electron chi connectivity index (χ3n) is 5.03. The van der Waals surface area contributed by atoms with E-state index in [1.165, 1.54) is 58.3 Å². The van der Waals surface area contributed by atoms with Crippen LogP contribution in [0.1, 0.15) is 78.1 Å². The maximum absolute atomic E-state index is 11.4. The predicted octanol–water partition coefficient (Wildman–Crippen LogP) is 1.87. The van der Waals surface area contributed by atoms with Gasteiger partial charge < -0.3 is 30.1 Å². The molecule has 5 atom stereocenters. The summed E-state index contributed by atoms with van der Waals surface area (Å²) in [6, 6.07) is -0.858. The number of carbonyl (C=O) groups excluding carboxylic acids is 1. The molecule has 0 radical (unpaired) electrons. The molecule has 1 saturated heterocycles. The molecule has 0 saturated carbocycles. The van der Waals surface area contributed by atoms with Crippen LogP contribution in [-0.4, -0.2) is 65.1 Å². The zero-order valence-corrected chi connectivity index (χ0v) is 16.9. The van der Waals surface area contributed by atoms with Crippen LogP contribution in [0.5, 0.6) is 0 Å². The third kappa shape index (κ3) is 9.34. The van der Waals surface area contributed by atoms with Crippen molar-refractivity contribution in [1.29, 1.82) is 0 Å². The summed E-state index contributed by atoms with van der Waals surface area (Å²) < 4.78 is 11.2. The summed E-state index contributed by atoms with van der Waals surface area (Å²) in [4.78, 5) is 11.4. The van der Waals surface area contributed by atoms with Crippen LogP contribution in [0, 0.1) is 0 Å². The standard InChI is InChI=1S/C20H39NO6/c1-3-4-5-6-7-8-9-10-11-12-13-26-20-17(21-15(2)23)19(25)18(24)16(14-22)27-20/h16-20,22,24-25H,3-14H2,1-2H3,(H,21,23)/t16-,17-,18-,19-,20+/m1/s1. The zero-order valence-electron chi connectivity index (χ0n) is 16.9. The molecule has 1 aliphatic heterocycles. The van der Waals surface area contributed by atoms with Gasteiger partial charge in [-0.3, -0.25) is 4.79 Å². The van der Waals surface area contributed by atoms with Gasteiger partial charge in [-0.1, -0.05) is 64.7 Å². The minimum atomic E-state index is -1.27. The summed E-state index contributed by atoms with van der Waals surface area (Å²) in [5, 5.41) is 32.0. The Morgan fingerprint density at radius 3 is 2.04 bits per heavy atom. The molecule has 0 spiro atoms. The predicted molar refractivity (Wildman–Crippen MR) is 103 cm³/mol. The molecule has 0 aromatic heterocycles. The molecule has 160 valence electrons. The molecule has 1 heterocycles. The van der Waals surface area contributed by atoms with Crippen LogP contribution in [0.2, 0.25) is 0 Å². The molecule has 4 N–H and O–H groups in total. The van der Waals surface area contributed by atoms with Crippen LogP contribution >= 0.6 is 0 Å². The number of ether oxygens (including phenoxy) is 2. The molecule has 1 amide bonds. The lowest BCUT2D eigenvalue weighted by atomic mass is 9.97. The highest BCUT2D eigenvalue weighted by atomic mass is 16.7. The van der Waals surface area contributed by atoms with Crippen LogP contribution in [0.3, 0.4) is 0 Å². The van der Waals surface area contributed by atoms with Gasteiger partial charge in [-0.25, -0.2) is 0 Å². The van der Waals surface area contributed by atoms with Crippen molar-refractivity contribution in [2.45, 2.75) is 109 Å². The minimum absolute atomic E-state index is 0.343. The Morgan fingerprint density at radius 2 is 1.52 bits per heavy atom. The highest BCUT2D eigenvalue weighted by molar-refractivity contribution is 5.73. The average Bonchev–Trinajstić information content (AvgIpc) is 2.64. The molecule has 0 unspecified atom stereocenters. The Bertz CT molecular complexity index is 395. The van der Waals surface area contributed by atoms with Crippen LogP contribution in [0.25, 0.3) is 0 Å². The SMILES string of the molecule is CCCCCCCCCCCCO[C@H]1O[C@H](CO)[C@@H](O)[C@H](O)[C@H]1NC(C)=O. The van der Waals surface area contributed by atoms with Crippen molar-refractivity contribution in [1.82, 2.24) is 5.32 Å². The fourth-order valence-electron chi connectivity index (χ4n) is 3.40. The summed E-state index contributed by atoms with van der Waals surface area (Å²) >= 11 is 0. The van der Waals surface area contributed by atoms with Gasteiger partial charge in [0.25, 0.3) is 0 Å². The van der Waals surface area contributed by atoms with E-state index in [4.69, 9.17) is 9.47 Å². The molecule has 0 aromatic rings. The lowest BCUT2D eigenvalue weighted by Gasteiger charge is -2.42.